The van der Waals surface area contributed by atoms with Crippen LogP contribution in [0, 0.1) is 0 Å². The summed E-state index contributed by atoms with van der Waals surface area (Å²) >= 11 is 0. The fourth-order valence-electron chi connectivity index (χ4n) is 2.45. The topological polar surface area (TPSA) is 41.6 Å². The van der Waals surface area contributed by atoms with Crippen molar-refractivity contribution < 1.29 is 9.53 Å². The fourth-order valence-corrected chi connectivity index (χ4v) is 2.45. The summed E-state index contributed by atoms with van der Waals surface area (Å²) < 4.78 is 5.32. The molecule has 0 saturated carbocycles. The van der Waals surface area contributed by atoms with Crippen LogP contribution < -0.4 is 10.1 Å². The van der Waals surface area contributed by atoms with Gasteiger partial charge in [-0.05, 0) is 18.6 Å². The highest BCUT2D eigenvalue weighted by molar-refractivity contribution is 5.78. The predicted octanol–water partition coefficient (Wildman–Crippen LogP) is 2.83. The molecule has 2 aromatic carbocycles. The van der Waals surface area contributed by atoms with Crippen LogP contribution in [0.4, 0.5) is 0 Å². The molecule has 0 radical (unpaired) electrons. The van der Waals surface area contributed by atoms with Gasteiger partial charge in [0.2, 0.25) is 5.91 Å². The number of likely N-dealkylation sites (N-methyl/N-ethyl adjacent to an activating group) is 1. The van der Waals surface area contributed by atoms with Gasteiger partial charge in [-0.3, -0.25) is 4.79 Å². The minimum Gasteiger partial charge on any atom is -0.496 e. The van der Waals surface area contributed by atoms with E-state index in [1.165, 1.54) is 0 Å². The van der Waals surface area contributed by atoms with E-state index in [0.717, 1.165) is 16.9 Å². The first-order valence-electron chi connectivity index (χ1n) is 7.89. The fraction of sp³-hybridized carbons (Fsp3) is 0.316. The Morgan fingerprint density at radius 1 is 1.09 bits per heavy atom. The van der Waals surface area contributed by atoms with Crippen LogP contribution in [0.15, 0.2) is 54.6 Å². The number of rotatable bonds is 8. The highest BCUT2D eigenvalue weighted by Crippen LogP contribution is 2.16. The lowest BCUT2D eigenvalue weighted by atomic mass is 10.2. The van der Waals surface area contributed by atoms with E-state index in [1.54, 1.807) is 7.11 Å². The molecule has 2 rings (SSSR count). The molecule has 1 N–H and O–H groups in total. The van der Waals surface area contributed by atoms with Crippen molar-refractivity contribution in [3.8, 4) is 5.75 Å². The lowest BCUT2D eigenvalue weighted by molar-refractivity contribution is -0.130. The number of carbonyl (C=O) groups excluding carboxylic acids is 1. The summed E-state index contributed by atoms with van der Waals surface area (Å²) in [6.45, 7) is 4.27. The summed E-state index contributed by atoms with van der Waals surface area (Å²) in [6, 6.07) is 17.9. The lowest BCUT2D eigenvalue weighted by Crippen LogP contribution is -2.37. The average molecular weight is 312 g/mol. The number of hydrogen-bond acceptors (Lipinski definition) is 3. The van der Waals surface area contributed by atoms with Crippen molar-refractivity contribution in [2.24, 2.45) is 0 Å². The summed E-state index contributed by atoms with van der Waals surface area (Å²) in [5.41, 5.74) is 2.20. The van der Waals surface area contributed by atoms with Crippen LogP contribution in [-0.2, 0) is 17.9 Å². The molecule has 0 heterocycles. The highest BCUT2D eigenvalue weighted by atomic mass is 16.5. The zero-order valence-electron chi connectivity index (χ0n) is 13.8. The van der Waals surface area contributed by atoms with Crippen LogP contribution >= 0.6 is 0 Å². The SMILES string of the molecule is CCN(Cc1ccccc1)C(=O)CNCc1ccccc1OC. The van der Waals surface area contributed by atoms with E-state index in [-0.39, 0.29) is 5.91 Å². The second kappa shape index (κ2) is 8.96. The van der Waals surface area contributed by atoms with E-state index < -0.39 is 0 Å². The Hall–Kier alpha value is -2.33. The number of benzene rings is 2. The van der Waals surface area contributed by atoms with Crippen LogP contribution in [0.25, 0.3) is 0 Å². The van der Waals surface area contributed by atoms with Gasteiger partial charge in [0, 0.05) is 25.2 Å². The van der Waals surface area contributed by atoms with E-state index >= 15 is 0 Å². The summed E-state index contributed by atoms with van der Waals surface area (Å²) in [6.07, 6.45) is 0. The molecule has 0 fully saturated rings. The monoisotopic (exact) mass is 312 g/mol. The minimum absolute atomic E-state index is 0.103. The van der Waals surface area contributed by atoms with Gasteiger partial charge in [-0.25, -0.2) is 0 Å². The van der Waals surface area contributed by atoms with Crippen molar-refractivity contribution in [1.82, 2.24) is 10.2 Å². The van der Waals surface area contributed by atoms with Crippen LogP contribution in [0.2, 0.25) is 0 Å². The number of carbonyl (C=O) groups is 1. The third kappa shape index (κ3) is 5.11. The van der Waals surface area contributed by atoms with Crippen LogP contribution in [0.1, 0.15) is 18.1 Å². The number of hydrogen-bond donors (Lipinski definition) is 1. The van der Waals surface area contributed by atoms with Crippen molar-refractivity contribution in [3.63, 3.8) is 0 Å². The average Bonchev–Trinajstić information content (AvgIpc) is 2.60. The van der Waals surface area contributed by atoms with Gasteiger partial charge in [0.15, 0.2) is 0 Å². The Morgan fingerprint density at radius 3 is 2.48 bits per heavy atom. The number of para-hydroxylation sites is 1. The van der Waals surface area contributed by atoms with E-state index in [9.17, 15) is 4.79 Å². The number of amides is 1. The quantitative estimate of drug-likeness (QED) is 0.815. The molecule has 4 nitrogen and oxygen atoms in total. The van der Waals surface area contributed by atoms with Crippen molar-refractivity contribution in [3.05, 3.63) is 65.7 Å². The van der Waals surface area contributed by atoms with E-state index in [4.69, 9.17) is 4.74 Å². The van der Waals surface area contributed by atoms with Crippen molar-refractivity contribution in [2.45, 2.75) is 20.0 Å². The number of methoxy groups -OCH3 is 1. The second-order valence-electron chi connectivity index (χ2n) is 5.31. The van der Waals surface area contributed by atoms with Gasteiger partial charge in [0.1, 0.15) is 5.75 Å². The Labute approximate surface area is 138 Å². The first-order valence-corrected chi connectivity index (χ1v) is 7.89. The molecule has 1 amide bonds. The van der Waals surface area contributed by atoms with Gasteiger partial charge in [0.05, 0.1) is 13.7 Å². The zero-order chi connectivity index (χ0) is 16.5. The standard InChI is InChI=1S/C19H24N2O2/c1-3-21(15-16-9-5-4-6-10-16)19(22)14-20-13-17-11-7-8-12-18(17)23-2/h4-12,20H,3,13-15H2,1-2H3. The van der Waals surface area contributed by atoms with Gasteiger partial charge in [0.25, 0.3) is 0 Å². The van der Waals surface area contributed by atoms with Gasteiger partial charge < -0.3 is 15.0 Å². The molecule has 4 heteroatoms. The van der Waals surface area contributed by atoms with Gasteiger partial charge in [-0.15, -0.1) is 0 Å². The van der Waals surface area contributed by atoms with E-state index in [2.05, 4.69) is 5.32 Å². The third-order valence-corrected chi connectivity index (χ3v) is 3.73. The van der Waals surface area contributed by atoms with E-state index in [1.807, 2.05) is 66.4 Å². The molecule has 0 aliphatic rings. The summed E-state index contributed by atoms with van der Waals surface area (Å²) in [7, 11) is 1.66. The maximum absolute atomic E-state index is 12.4. The number of ether oxygens (including phenoxy) is 1. The zero-order valence-corrected chi connectivity index (χ0v) is 13.8. The van der Waals surface area contributed by atoms with Crippen molar-refractivity contribution in [2.75, 3.05) is 20.2 Å². The predicted molar refractivity (Wildman–Crippen MR) is 92.2 cm³/mol. The third-order valence-electron chi connectivity index (χ3n) is 3.73. The molecule has 0 saturated heterocycles. The maximum atomic E-state index is 12.4. The van der Waals surface area contributed by atoms with Crippen LogP contribution in [0.3, 0.4) is 0 Å². The largest absolute Gasteiger partial charge is 0.496 e. The second-order valence-corrected chi connectivity index (χ2v) is 5.31. The Kier molecular flexibility index (Phi) is 6.63. The highest BCUT2D eigenvalue weighted by Gasteiger charge is 2.12. The normalized spacial score (nSPS) is 10.3. The molecule has 2 aromatic rings. The molecule has 0 aliphatic carbocycles. The lowest BCUT2D eigenvalue weighted by Gasteiger charge is -2.21. The summed E-state index contributed by atoms with van der Waals surface area (Å²) in [4.78, 5) is 14.2. The summed E-state index contributed by atoms with van der Waals surface area (Å²) in [5.74, 6) is 0.940. The Balaban J connectivity index is 1.85. The molecule has 0 aromatic heterocycles. The minimum atomic E-state index is 0.103. The van der Waals surface area contributed by atoms with Crippen molar-refractivity contribution >= 4 is 5.91 Å². The van der Waals surface area contributed by atoms with E-state index in [0.29, 0.717) is 26.2 Å². The first kappa shape index (κ1) is 17.0. The molecule has 0 unspecified atom stereocenters. The first-order chi connectivity index (χ1) is 11.2. The molecular formula is C19H24N2O2. The molecule has 122 valence electrons. The van der Waals surface area contributed by atoms with Gasteiger partial charge in [-0.1, -0.05) is 48.5 Å². The molecule has 0 spiro atoms. The smallest absolute Gasteiger partial charge is 0.236 e. The van der Waals surface area contributed by atoms with Gasteiger partial charge in [-0.2, -0.15) is 0 Å². The molecule has 0 atom stereocenters. The summed E-state index contributed by atoms with van der Waals surface area (Å²) in [5, 5.41) is 3.21. The molecule has 23 heavy (non-hydrogen) atoms. The number of nitrogens with one attached hydrogen (secondary N) is 1. The van der Waals surface area contributed by atoms with Crippen LogP contribution in [0.5, 0.6) is 5.75 Å². The molecule has 0 aliphatic heterocycles. The van der Waals surface area contributed by atoms with Crippen molar-refractivity contribution in [1.29, 1.82) is 0 Å². The maximum Gasteiger partial charge on any atom is 0.236 e. The molecular weight excluding hydrogens is 288 g/mol. The Morgan fingerprint density at radius 2 is 1.78 bits per heavy atom. The Bertz CT molecular complexity index is 614. The van der Waals surface area contributed by atoms with Crippen LogP contribution in [-0.4, -0.2) is 31.0 Å². The van der Waals surface area contributed by atoms with Gasteiger partial charge >= 0.3 is 0 Å². The number of nitrogens with zero attached hydrogens (tertiary/aromatic N) is 1. The molecule has 0 bridgehead atoms.